The first-order chi connectivity index (χ1) is 13.0. The van der Waals surface area contributed by atoms with Crippen molar-refractivity contribution in [3.05, 3.63) is 23.9 Å². The van der Waals surface area contributed by atoms with E-state index in [-0.39, 0.29) is 11.9 Å². The fraction of sp³-hybridized carbons (Fsp3) is 0.550. The summed E-state index contributed by atoms with van der Waals surface area (Å²) >= 11 is 0. The van der Waals surface area contributed by atoms with E-state index in [1.165, 1.54) is 0 Å². The van der Waals surface area contributed by atoms with Gasteiger partial charge in [0.25, 0.3) is 5.91 Å². The smallest absolute Gasteiger partial charge is 0.317 e. The Labute approximate surface area is 159 Å². The summed E-state index contributed by atoms with van der Waals surface area (Å²) < 4.78 is 5.79. The van der Waals surface area contributed by atoms with E-state index in [1.807, 2.05) is 13.1 Å². The molecule has 1 aromatic carbocycles. The quantitative estimate of drug-likeness (QED) is 0.859. The number of benzene rings is 1. The molecular weight excluding hydrogens is 342 g/mol. The third-order valence-corrected chi connectivity index (χ3v) is 5.29. The molecule has 2 saturated heterocycles. The molecule has 3 heterocycles. The molecule has 2 aliphatic rings. The molecule has 2 aromatic rings. The zero-order valence-electron chi connectivity index (χ0n) is 16.2. The van der Waals surface area contributed by atoms with Crippen LogP contribution in [-0.2, 0) is 4.79 Å². The Hall–Kier alpha value is -2.41. The van der Waals surface area contributed by atoms with Crippen LogP contribution in [-0.4, -0.2) is 53.7 Å². The van der Waals surface area contributed by atoms with Crippen LogP contribution >= 0.6 is 0 Å². The van der Waals surface area contributed by atoms with Gasteiger partial charge in [0.1, 0.15) is 0 Å². The second-order valence-electron chi connectivity index (χ2n) is 7.73. The minimum atomic E-state index is -0.505. The van der Waals surface area contributed by atoms with Gasteiger partial charge in [-0.05, 0) is 45.2 Å². The van der Waals surface area contributed by atoms with E-state index < -0.39 is 6.10 Å². The molecule has 27 heavy (non-hydrogen) atoms. The Bertz CT molecular complexity index is 846. The van der Waals surface area contributed by atoms with E-state index in [1.54, 1.807) is 0 Å². The number of hydrogen-bond acceptors (Lipinski definition) is 6. The molecular formula is C20H27N5O2. The molecule has 0 bridgehead atoms. The highest BCUT2D eigenvalue weighted by Crippen LogP contribution is 2.30. The van der Waals surface area contributed by atoms with Crippen molar-refractivity contribution in [1.29, 1.82) is 0 Å². The lowest BCUT2D eigenvalue weighted by Crippen LogP contribution is -2.54. The number of hydrogen-bond donors (Lipinski definition) is 2. The summed E-state index contributed by atoms with van der Waals surface area (Å²) in [5, 5.41) is 7.42. The van der Waals surface area contributed by atoms with E-state index in [2.05, 4.69) is 51.5 Å². The van der Waals surface area contributed by atoms with E-state index in [9.17, 15) is 4.79 Å². The maximum Gasteiger partial charge on any atom is 0.317 e. The van der Waals surface area contributed by atoms with E-state index in [0.29, 0.717) is 25.0 Å². The summed E-state index contributed by atoms with van der Waals surface area (Å²) in [6.45, 7) is 9.06. The number of anilines is 1. The molecule has 144 valence electrons. The molecule has 0 radical (unpaired) electrons. The summed E-state index contributed by atoms with van der Waals surface area (Å²) in [4.78, 5) is 23.4. The lowest BCUT2D eigenvalue weighted by atomic mass is 10.1. The molecule has 2 fully saturated rings. The Kier molecular flexibility index (Phi) is 4.86. The number of carbonyl (C=O) groups excluding carboxylic acids is 1. The minimum Gasteiger partial charge on any atom is -0.450 e. The summed E-state index contributed by atoms with van der Waals surface area (Å²) in [5.74, 6) is -0.0841. The van der Waals surface area contributed by atoms with Crippen LogP contribution in [0.25, 0.3) is 10.9 Å². The maximum absolute atomic E-state index is 11.9. The van der Waals surface area contributed by atoms with E-state index in [0.717, 1.165) is 41.7 Å². The summed E-state index contributed by atoms with van der Waals surface area (Å²) in [7, 11) is 0. The standard InChI is InChI=1S/C20H27N5O2/c1-12-6-7-16(25-10-13(2)23-14(3)11-25)15-9-22-20(24-18(12)15)27-17-5-4-8-21-19(17)26/h6-7,9,13-14,17,23H,4-5,8,10-11H2,1-3H3,(H,21,26). The number of ether oxygens (including phenoxy) is 1. The van der Waals surface area contributed by atoms with Crippen molar-refractivity contribution in [2.24, 2.45) is 0 Å². The Balaban J connectivity index is 1.65. The average Bonchev–Trinajstić information content (AvgIpc) is 2.63. The van der Waals surface area contributed by atoms with Crippen molar-refractivity contribution in [3.63, 3.8) is 0 Å². The SMILES string of the molecule is Cc1ccc(N2CC(C)NC(C)C2)c2cnc(OC3CCCNC3=O)nc12. The average molecular weight is 369 g/mol. The van der Waals surface area contributed by atoms with Gasteiger partial charge in [0.15, 0.2) is 6.10 Å². The van der Waals surface area contributed by atoms with Crippen LogP contribution in [0.5, 0.6) is 6.01 Å². The largest absolute Gasteiger partial charge is 0.450 e. The zero-order chi connectivity index (χ0) is 19.0. The zero-order valence-corrected chi connectivity index (χ0v) is 16.2. The molecule has 0 aliphatic carbocycles. The lowest BCUT2D eigenvalue weighted by molar-refractivity contribution is -0.130. The highest BCUT2D eigenvalue weighted by molar-refractivity contribution is 5.93. The van der Waals surface area contributed by atoms with Crippen molar-refractivity contribution < 1.29 is 9.53 Å². The number of carbonyl (C=O) groups is 1. The second kappa shape index (κ2) is 7.31. The molecule has 1 aromatic heterocycles. The molecule has 1 amide bonds. The van der Waals surface area contributed by atoms with Crippen LogP contribution in [0.3, 0.4) is 0 Å². The third kappa shape index (κ3) is 3.69. The van der Waals surface area contributed by atoms with Crippen molar-refractivity contribution in [1.82, 2.24) is 20.6 Å². The van der Waals surface area contributed by atoms with E-state index >= 15 is 0 Å². The normalized spacial score (nSPS) is 26.1. The third-order valence-electron chi connectivity index (χ3n) is 5.29. The summed E-state index contributed by atoms with van der Waals surface area (Å²) in [5.41, 5.74) is 3.11. The fourth-order valence-corrected chi connectivity index (χ4v) is 4.07. The highest BCUT2D eigenvalue weighted by atomic mass is 16.5. The minimum absolute atomic E-state index is 0.0841. The van der Waals surface area contributed by atoms with Crippen LogP contribution in [0.15, 0.2) is 18.3 Å². The number of rotatable bonds is 3. The Morgan fingerprint density at radius 1 is 1.22 bits per heavy atom. The number of aryl methyl sites for hydroxylation is 1. The first-order valence-electron chi connectivity index (χ1n) is 9.73. The Morgan fingerprint density at radius 3 is 2.74 bits per heavy atom. The van der Waals surface area contributed by atoms with Gasteiger partial charge in [-0.3, -0.25) is 4.79 Å². The second-order valence-corrected chi connectivity index (χ2v) is 7.73. The van der Waals surface area contributed by atoms with Crippen LogP contribution < -0.4 is 20.3 Å². The molecule has 3 atom stereocenters. The van der Waals surface area contributed by atoms with Gasteiger partial charge in [-0.25, -0.2) is 4.98 Å². The van der Waals surface area contributed by atoms with Crippen LogP contribution in [0.4, 0.5) is 5.69 Å². The highest BCUT2D eigenvalue weighted by Gasteiger charge is 2.26. The van der Waals surface area contributed by atoms with Crippen molar-refractivity contribution in [3.8, 4) is 6.01 Å². The van der Waals surface area contributed by atoms with Crippen molar-refractivity contribution in [2.75, 3.05) is 24.5 Å². The summed E-state index contributed by atoms with van der Waals surface area (Å²) in [6.07, 6.45) is 2.93. The summed E-state index contributed by atoms with van der Waals surface area (Å²) in [6, 6.07) is 5.38. The monoisotopic (exact) mass is 369 g/mol. The number of nitrogens with one attached hydrogen (secondary N) is 2. The number of piperazine rings is 1. The van der Waals surface area contributed by atoms with Crippen molar-refractivity contribution in [2.45, 2.75) is 51.8 Å². The number of amides is 1. The fourth-order valence-electron chi connectivity index (χ4n) is 4.07. The predicted molar refractivity (Wildman–Crippen MR) is 105 cm³/mol. The van der Waals surface area contributed by atoms with Gasteiger partial charge < -0.3 is 20.3 Å². The lowest BCUT2D eigenvalue weighted by Gasteiger charge is -2.38. The number of nitrogens with zero attached hydrogens (tertiary/aromatic N) is 3. The topological polar surface area (TPSA) is 79.4 Å². The molecule has 7 heteroatoms. The first-order valence-corrected chi connectivity index (χ1v) is 9.73. The number of piperidine rings is 1. The van der Waals surface area contributed by atoms with Crippen LogP contribution in [0.2, 0.25) is 0 Å². The molecule has 0 saturated carbocycles. The molecule has 4 rings (SSSR count). The van der Waals surface area contributed by atoms with E-state index in [4.69, 9.17) is 4.74 Å². The van der Waals surface area contributed by atoms with Gasteiger partial charge in [-0.1, -0.05) is 6.07 Å². The van der Waals surface area contributed by atoms with Gasteiger partial charge >= 0.3 is 6.01 Å². The van der Waals surface area contributed by atoms with Gasteiger partial charge in [0.05, 0.1) is 5.52 Å². The molecule has 3 unspecified atom stereocenters. The molecule has 0 spiro atoms. The molecule has 7 nitrogen and oxygen atoms in total. The van der Waals surface area contributed by atoms with Crippen LogP contribution in [0.1, 0.15) is 32.3 Å². The van der Waals surface area contributed by atoms with Crippen LogP contribution in [0, 0.1) is 6.92 Å². The van der Waals surface area contributed by atoms with Gasteiger partial charge in [-0.2, -0.15) is 4.98 Å². The predicted octanol–water partition coefficient (Wildman–Crippen LogP) is 1.78. The number of aromatic nitrogens is 2. The van der Waals surface area contributed by atoms with Gasteiger partial charge in [-0.15, -0.1) is 0 Å². The van der Waals surface area contributed by atoms with Crippen molar-refractivity contribution >= 4 is 22.5 Å². The Morgan fingerprint density at radius 2 is 2.00 bits per heavy atom. The van der Waals surface area contributed by atoms with Gasteiger partial charge in [0, 0.05) is 49.0 Å². The molecule has 2 aliphatic heterocycles. The van der Waals surface area contributed by atoms with Gasteiger partial charge in [0.2, 0.25) is 0 Å². The molecule has 2 N–H and O–H groups in total. The first kappa shape index (κ1) is 18.0. The number of fused-ring (bicyclic) bond motifs is 1. The maximum atomic E-state index is 11.9.